The summed E-state index contributed by atoms with van der Waals surface area (Å²) in [5, 5.41) is 18.6. The molecule has 0 spiro atoms. The molecule has 0 bridgehead atoms. The largest absolute Gasteiger partial charge is 0.353 e. The predicted octanol–water partition coefficient (Wildman–Crippen LogP) is 2.63. The van der Waals surface area contributed by atoms with Crippen molar-refractivity contribution in [3.63, 3.8) is 0 Å². The van der Waals surface area contributed by atoms with Crippen LogP contribution in [0.4, 0.5) is 5.82 Å². The molecular formula is C26H33N7O. The molecule has 3 fully saturated rings. The van der Waals surface area contributed by atoms with Gasteiger partial charge in [-0.15, -0.1) is 5.10 Å². The standard InChI is InChI=1S/C26H33N7O/c1-16-4-6-22(7-5-16)33-18(3)23-17(2)28-29-25(24(23)30-33)31-10-8-19(9-11-31)26(34)32-14-20-12-27-13-21(20)15-32/h4-7,19-21,27H,8-15H2,1-3H3. The number of hydrogen-bond acceptors (Lipinski definition) is 6. The molecule has 1 N–H and O–H groups in total. The third-order valence-electron chi connectivity index (χ3n) is 8.11. The van der Waals surface area contributed by atoms with Gasteiger partial charge in [0, 0.05) is 45.2 Å². The lowest BCUT2D eigenvalue weighted by Crippen LogP contribution is -2.43. The van der Waals surface area contributed by atoms with Crippen LogP contribution in [0.5, 0.6) is 0 Å². The van der Waals surface area contributed by atoms with Crippen LogP contribution in [-0.2, 0) is 4.79 Å². The van der Waals surface area contributed by atoms with Crippen molar-refractivity contribution in [3.8, 4) is 5.69 Å². The van der Waals surface area contributed by atoms with Crippen molar-refractivity contribution in [2.75, 3.05) is 44.2 Å². The first-order valence-electron chi connectivity index (χ1n) is 12.5. The van der Waals surface area contributed by atoms with Crippen LogP contribution in [0.1, 0.15) is 29.8 Å². The lowest BCUT2D eigenvalue weighted by atomic mass is 9.95. The van der Waals surface area contributed by atoms with Crippen LogP contribution >= 0.6 is 0 Å². The first-order chi connectivity index (χ1) is 16.5. The molecule has 8 heteroatoms. The van der Waals surface area contributed by atoms with Crippen LogP contribution in [0.2, 0.25) is 0 Å². The Bertz CT molecular complexity index is 1210. The number of benzene rings is 1. The normalized spacial score (nSPS) is 23.1. The number of anilines is 1. The minimum absolute atomic E-state index is 0.115. The van der Waals surface area contributed by atoms with E-state index >= 15 is 0 Å². The van der Waals surface area contributed by atoms with E-state index in [2.05, 4.69) is 63.4 Å². The van der Waals surface area contributed by atoms with E-state index < -0.39 is 0 Å². The van der Waals surface area contributed by atoms with E-state index in [-0.39, 0.29) is 5.92 Å². The van der Waals surface area contributed by atoms with E-state index in [4.69, 9.17) is 5.10 Å². The van der Waals surface area contributed by atoms with E-state index in [0.717, 1.165) is 85.9 Å². The molecule has 34 heavy (non-hydrogen) atoms. The molecule has 8 nitrogen and oxygen atoms in total. The molecule has 3 aliphatic heterocycles. The van der Waals surface area contributed by atoms with Gasteiger partial charge in [0.1, 0.15) is 5.52 Å². The average molecular weight is 460 g/mol. The van der Waals surface area contributed by atoms with Crippen molar-refractivity contribution >= 4 is 22.6 Å². The minimum atomic E-state index is 0.115. The smallest absolute Gasteiger partial charge is 0.225 e. The van der Waals surface area contributed by atoms with E-state index in [0.29, 0.717) is 17.7 Å². The maximum atomic E-state index is 13.2. The second-order valence-corrected chi connectivity index (χ2v) is 10.3. The van der Waals surface area contributed by atoms with Crippen LogP contribution in [0, 0.1) is 38.5 Å². The van der Waals surface area contributed by atoms with Gasteiger partial charge in [-0.1, -0.05) is 17.7 Å². The summed E-state index contributed by atoms with van der Waals surface area (Å²) in [6.45, 7) is 11.8. The molecule has 0 saturated carbocycles. The van der Waals surface area contributed by atoms with Crippen molar-refractivity contribution in [2.24, 2.45) is 17.8 Å². The van der Waals surface area contributed by atoms with Gasteiger partial charge in [-0.2, -0.15) is 10.2 Å². The Kier molecular flexibility index (Phi) is 5.28. The number of piperidine rings is 1. The first-order valence-corrected chi connectivity index (χ1v) is 12.5. The van der Waals surface area contributed by atoms with Gasteiger partial charge in [0.05, 0.1) is 22.5 Å². The molecule has 3 aromatic rings. The maximum Gasteiger partial charge on any atom is 0.225 e. The molecule has 3 saturated heterocycles. The van der Waals surface area contributed by atoms with Crippen molar-refractivity contribution in [1.29, 1.82) is 0 Å². The Morgan fingerprint density at radius 3 is 2.32 bits per heavy atom. The molecule has 1 aromatic carbocycles. The molecule has 5 heterocycles. The van der Waals surface area contributed by atoms with Crippen molar-refractivity contribution < 1.29 is 4.79 Å². The highest BCUT2D eigenvalue weighted by atomic mass is 16.2. The van der Waals surface area contributed by atoms with Crippen LogP contribution < -0.4 is 10.2 Å². The lowest BCUT2D eigenvalue weighted by molar-refractivity contribution is -0.135. The number of nitrogens with zero attached hydrogens (tertiary/aromatic N) is 6. The van der Waals surface area contributed by atoms with Crippen molar-refractivity contribution in [2.45, 2.75) is 33.6 Å². The zero-order valence-corrected chi connectivity index (χ0v) is 20.3. The highest BCUT2D eigenvalue weighted by molar-refractivity contribution is 5.92. The van der Waals surface area contributed by atoms with E-state index in [9.17, 15) is 4.79 Å². The summed E-state index contributed by atoms with van der Waals surface area (Å²) < 4.78 is 2.00. The number of nitrogens with one attached hydrogen (secondary N) is 1. The number of carbonyl (C=O) groups is 1. The monoisotopic (exact) mass is 459 g/mol. The van der Waals surface area contributed by atoms with Crippen LogP contribution in [0.15, 0.2) is 24.3 Å². The number of likely N-dealkylation sites (tertiary alicyclic amines) is 1. The van der Waals surface area contributed by atoms with Gasteiger partial charge in [-0.05, 0) is 57.6 Å². The number of hydrogen-bond donors (Lipinski definition) is 1. The molecule has 1 amide bonds. The SMILES string of the molecule is Cc1ccc(-n2nc3c(N4CCC(C(=O)N5CC6CNCC6C5)CC4)nnc(C)c3c2C)cc1. The fourth-order valence-electron chi connectivity index (χ4n) is 6.09. The Hall–Kier alpha value is -3.00. The summed E-state index contributed by atoms with van der Waals surface area (Å²) in [5.74, 6) is 2.60. The van der Waals surface area contributed by atoms with Crippen LogP contribution in [0.25, 0.3) is 16.6 Å². The first kappa shape index (κ1) is 21.5. The lowest BCUT2D eigenvalue weighted by Gasteiger charge is -2.33. The molecule has 2 unspecified atom stereocenters. The summed E-state index contributed by atoms with van der Waals surface area (Å²) in [4.78, 5) is 17.6. The van der Waals surface area contributed by atoms with Gasteiger partial charge >= 0.3 is 0 Å². The van der Waals surface area contributed by atoms with E-state index in [1.807, 2.05) is 11.6 Å². The van der Waals surface area contributed by atoms with Crippen LogP contribution in [-0.4, -0.2) is 70.1 Å². The van der Waals surface area contributed by atoms with Crippen LogP contribution in [0.3, 0.4) is 0 Å². The van der Waals surface area contributed by atoms with Gasteiger partial charge in [-0.3, -0.25) is 4.79 Å². The molecule has 0 aliphatic carbocycles. The number of fused-ring (bicyclic) bond motifs is 2. The summed E-state index contributed by atoms with van der Waals surface area (Å²) >= 11 is 0. The zero-order valence-electron chi connectivity index (χ0n) is 20.3. The Morgan fingerprint density at radius 1 is 0.971 bits per heavy atom. The topological polar surface area (TPSA) is 79.2 Å². The Labute approximate surface area is 200 Å². The zero-order chi connectivity index (χ0) is 23.4. The molecular weight excluding hydrogens is 426 g/mol. The third-order valence-corrected chi connectivity index (χ3v) is 8.11. The molecule has 2 atom stereocenters. The molecule has 3 aliphatic rings. The highest BCUT2D eigenvalue weighted by Gasteiger charge is 2.40. The molecule has 178 valence electrons. The van der Waals surface area contributed by atoms with Gasteiger partial charge < -0.3 is 15.1 Å². The second kappa shape index (κ2) is 8.34. The summed E-state index contributed by atoms with van der Waals surface area (Å²) in [6, 6.07) is 8.42. The number of aryl methyl sites for hydroxylation is 3. The van der Waals surface area contributed by atoms with Gasteiger partial charge in [-0.25, -0.2) is 4.68 Å². The van der Waals surface area contributed by atoms with E-state index in [1.165, 1.54) is 5.56 Å². The fraction of sp³-hybridized carbons (Fsp3) is 0.538. The number of rotatable bonds is 3. The second-order valence-electron chi connectivity index (χ2n) is 10.3. The molecule has 0 radical (unpaired) electrons. The molecule has 2 aromatic heterocycles. The summed E-state index contributed by atoms with van der Waals surface area (Å²) in [6.07, 6.45) is 1.72. The fourth-order valence-corrected chi connectivity index (χ4v) is 6.09. The predicted molar refractivity (Wildman–Crippen MR) is 132 cm³/mol. The van der Waals surface area contributed by atoms with Crippen molar-refractivity contribution in [3.05, 3.63) is 41.2 Å². The van der Waals surface area contributed by atoms with Crippen molar-refractivity contribution in [1.82, 2.24) is 30.2 Å². The number of carbonyl (C=O) groups excluding carboxylic acids is 1. The Morgan fingerprint density at radius 2 is 1.65 bits per heavy atom. The summed E-state index contributed by atoms with van der Waals surface area (Å²) in [7, 11) is 0. The number of amides is 1. The maximum absolute atomic E-state index is 13.2. The van der Waals surface area contributed by atoms with Gasteiger partial charge in [0.2, 0.25) is 5.91 Å². The average Bonchev–Trinajstić information content (AvgIpc) is 3.54. The quantitative estimate of drug-likeness (QED) is 0.649. The minimum Gasteiger partial charge on any atom is -0.353 e. The summed E-state index contributed by atoms with van der Waals surface area (Å²) in [5.41, 5.74) is 5.14. The van der Waals surface area contributed by atoms with Gasteiger partial charge in [0.25, 0.3) is 0 Å². The highest BCUT2D eigenvalue weighted by Crippen LogP contribution is 2.33. The Balaban J connectivity index is 1.22. The van der Waals surface area contributed by atoms with E-state index in [1.54, 1.807) is 0 Å². The van der Waals surface area contributed by atoms with Gasteiger partial charge in [0.15, 0.2) is 5.82 Å². The third kappa shape index (κ3) is 3.55. The molecule has 6 rings (SSSR count). The number of aromatic nitrogens is 4.